The molecule has 25 heavy (non-hydrogen) atoms. The average Bonchev–Trinajstić information content (AvgIpc) is 3.28. The summed E-state index contributed by atoms with van der Waals surface area (Å²) in [5.74, 6) is -0.959. The van der Waals surface area contributed by atoms with Crippen LogP contribution in [0.5, 0.6) is 0 Å². The molecule has 140 valence electrons. The van der Waals surface area contributed by atoms with Crippen molar-refractivity contribution in [3.8, 4) is 0 Å². The minimum atomic E-state index is -3.66. The van der Waals surface area contributed by atoms with Crippen LogP contribution in [-0.2, 0) is 29.1 Å². The first-order chi connectivity index (χ1) is 11.8. The Bertz CT molecular complexity index is 817. The van der Waals surface area contributed by atoms with Gasteiger partial charge in [-0.15, -0.1) is 11.3 Å². The van der Waals surface area contributed by atoms with Gasteiger partial charge in [-0.2, -0.15) is 0 Å². The van der Waals surface area contributed by atoms with Crippen molar-refractivity contribution in [3.05, 3.63) is 17.5 Å². The van der Waals surface area contributed by atoms with Crippen LogP contribution in [0.25, 0.3) is 0 Å². The second kappa shape index (κ2) is 6.28. The Morgan fingerprint density at radius 1 is 1.16 bits per heavy atom. The van der Waals surface area contributed by atoms with Crippen LogP contribution in [0.4, 0.5) is 0 Å². The minimum Gasteiger partial charge on any atom is -0.347 e. The van der Waals surface area contributed by atoms with E-state index in [0.717, 1.165) is 11.3 Å². The second-order valence-electron chi connectivity index (χ2n) is 6.80. The Labute approximate surface area is 151 Å². The SMILES string of the molecule is O=S1(=O)C[C@H](N2CCC3(CC2)OCCO3)[C@@H](S(=O)(=O)c2cccs2)C1. The summed E-state index contributed by atoms with van der Waals surface area (Å²) in [4.78, 5) is 2.00. The van der Waals surface area contributed by atoms with Gasteiger partial charge in [0, 0.05) is 32.0 Å². The van der Waals surface area contributed by atoms with E-state index in [9.17, 15) is 16.8 Å². The maximum atomic E-state index is 13.0. The number of nitrogens with zero attached hydrogens (tertiary/aromatic N) is 1. The first-order valence-electron chi connectivity index (χ1n) is 8.31. The smallest absolute Gasteiger partial charge is 0.193 e. The second-order valence-corrected chi connectivity index (χ2v) is 12.3. The summed E-state index contributed by atoms with van der Waals surface area (Å²) in [5.41, 5.74) is 0. The highest BCUT2D eigenvalue weighted by molar-refractivity contribution is 7.97. The van der Waals surface area contributed by atoms with Crippen molar-refractivity contribution in [3.63, 3.8) is 0 Å². The average molecular weight is 408 g/mol. The third kappa shape index (κ3) is 3.28. The predicted molar refractivity (Wildman–Crippen MR) is 93.2 cm³/mol. The van der Waals surface area contributed by atoms with Crippen molar-refractivity contribution >= 4 is 31.0 Å². The zero-order chi connectivity index (χ0) is 17.7. The van der Waals surface area contributed by atoms with E-state index < -0.39 is 36.8 Å². The fourth-order valence-corrected chi connectivity index (χ4v) is 10.0. The number of rotatable bonds is 3. The van der Waals surface area contributed by atoms with E-state index in [0.29, 0.717) is 39.1 Å². The number of hydrogen-bond acceptors (Lipinski definition) is 8. The van der Waals surface area contributed by atoms with Crippen molar-refractivity contribution in [1.82, 2.24) is 4.90 Å². The molecule has 1 aromatic heterocycles. The molecule has 0 aromatic carbocycles. The monoisotopic (exact) mass is 407 g/mol. The van der Waals surface area contributed by atoms with Gasteiger partial charge in [0.15, 0.2) is 25.5 Å². The molecule has 0 N–H and O–H groups in total. The topological polar surface area (TPSA) is 90.0 Å². The lowest BCUT2D eigenvalue weighted by Gasteiger charge is -2.41. The van der Waals surface area contributed by atoms with Crippen molar-refractivity contribution < 1.29 is 26.3 Å². The summed E-state index contributed by atoms with van der Waals surface area (Å²) in [6, 6.07) is 2.72. The highest BCUT2D eigenvalue weighted by Crippen LogP contribution is 2.36. The van der Waals surface area contributed by atoms with Crippen molar-refractivity contribution in [2.24, 2.45) is 0 Å². The summed E-state index contributed by atoms with van der Waals surface area (Å²) in [5, 5.41) is 0.792. The Morgan fingerprint density at radius 2 is 1.84 bits per heavy atom. The fraction of sp³-hybridized carbons (Fsp3) is 0.733. The van der Waals surface area contributed by atoms with Gasteiger partial charge in [-0.1, -0.05) is 6.07 Å². The normalized spacial score (nSPS) is 32.3. The van der Waals surface area contributed by atoms with Crippen molar-refractivity contribution in [2.45, 2.75) is 34.1 Å². The summed E-state index contributed by atoms with van der Waals surface area (Å²) < 4.78 is 62.0. The van der Waals surface area contributed by atoms with Gasteiger partial charge in [-0.25, -0.2) is 16.8 Å². The lowest BCUT2D eigenvalue weighted by atomic mass is 10.0. The molecule has 1 spiro atoms. The molecular formula is C15H21NO6S3. The molecule has 7 nitrogen and oxygen atoms in total. The van der Waals surface area contributed by atoms with E-state index >= 15 is 0 Å². The molecule has 10 heteroatoms. The van der Waals surface area contributed by atoms with Gasteiger partial charge < -0.3 is 9.47 Å². The molecule has 2 atom stereocenters. The third-order valence-electron chi connectivity index (χ3n) is 5.29. The van der Waals surface area contributed by atoms with E-state index in [4.69, 9.17) is 9.47 Å². The molecular weight excluding hydrogens is 386 g/mol. The predicted octanol–water partition coefficient (Wildman–Crippen LogP) is 0.526. The highest BCUT2D eigenvalue weighted by Gasteiger charge is 2.50. The molecule has 1 aromatic rings. The molecule has 0 radical (unpaired) electrons. The molecule has 3 aliphatic rings. The van der Waals surface area contributed by atoms with Gasteiger partial charge in [0.25, 0.3) is 0 Å². The number of sulfone groups is 2. The summed E-state index contributed by atoms with van der Waals surface area (Å²) in [6.45, 7) is 2.31. The molecule has 4 heterocycles. The van der Waals surface area contributed by atoms with Gasteiger partial charge in [0.05, 0.1) is 30.0 Å². The molecule has 0 unspecified atom stereocenters. The van der Waals surface area contributed by atoms with E-state index in [2.05, 4.69) is 0 Å². The van der Waals surface area contributed by atoms with E-state index in [1.54, 1.807) is 17.5 Å². The van der Waals surface area contributed by atoms with Gasteiger partial charge in [0.2, 0.25) is 0 Å². The molecule has 3 saturated heterocycles. The molecule has 0 saturated carbocycles. The fourth-order valence-electron chi connectivity index (χ4n) is 3.99. The Balaban J connectivity index is 1.57. The van der Waals surface area contributed by atoms with E-state index in [1.165, 1.54) is 0 Å². The molecule has 4 rings (SSSR count). The van der Waals surface area contributed by atoms with Crippen LogP contribution < -0.4 is 0 Å². The zero-order valence-corrected chi connectivity index (χ0v) is 16.1. The van der Waals surface area contributed by atoms with Gasteiger partial charge in [-0.05, 0) is 11.4 Å². The van der Waals surface area contributed by atoms with Crippen LogP contribution >= 0.6 is 11.3 Å². The molecule has 0 amide bonds. The first-order valence-corrected chi connectivity index (χ1v) is 12.6. The third-order valence-corrected chi connectivity index (χ3v) is 10.8. The van der Waals surface area contributed by atoms with Crippen LogP contribution in [0.15, 0.2) is 21.7 Å². The molecule has 3 fully saturated rings. The number of piperidine rings is 1. The van der Waals surface area contributed by atoms with E-state index in [1.807, 2.05) is 4.90 Å². The van der Waals surface area contributed by atoms with Gasteiger partial charge in [0.1, 0.15) is 4.21 Å². The number of likely N-dealkylation sites (tertiary alicyclic amines) is 1. The minimum absolute atomic E-state index is 0.100. The number of ether oxygens (including phenoxy) is 2. The maximum Gasteiger partial charge on any atom is 0.193 e. The zero-order valence-electron chi connectivity index (χ0n) is 13.7. The van der Waals surface area contributed by atoms with Crippen LogP contribution in [0.2, 0.25) is 0 Å². The maximum absolute atomic E-state index is 13.0. The Morgan fingerprint density at radius 3 is 2.44 bits per heavy atom. The van der Waals surface area contributed by atoms with Crippen molar-refractivity contribution in [1.29, 1.82) is 0 Å². The van der Waals surface area contributed by atoms with Crippen LogP contribution in [0.1, 0.15) is 12.8 Å². The number of thiophene rings is 1. The van der Waals surface area contributed by atoms with Gasteiger partial charge in [-0.3, -0.25) is 4.90 Å². The quantitative estimate of drug-likeness (QED) is 0.722. The Hall–Kier alpha value is -0.520. The van der Waals surface area contributed by atoms with Crippen molar-refractivity contribution in [2.75, 3.05) is 37.8 Å². The van der Waals surface area contributed by atoms with Gasteiger partial charge >= 0.3 is 0 Å². The molecule has 0 aliphatic carbocycles. The molecule has 3 aliphatic heterocycles. The number of hydrogen-bond donors (Lipinski definition) is 0. The lowest BCUT2D eigenvalue weighted by Crippen LogP contribution is -2.53. The first kappa shape index (κ1) is 17.9. The standard InChI is InChI=1S/C15H21NO6S3/c17-24(18)10-12(13(11-24)25(19,20)14-2-1-9-23-14)16-5-3-15(4-6-16)21-7-8-22-15/h1-2,9,12-13H,3-8,10-11H2/t12-,13-/m0/s1. The summed E-state index contributed by atoms with van der Waals surface area (Å²) in [7, 11) is -7.03. The Kier molecular flexibility index (Phi) is 4.49. The van der Waals surface area contributed by atoms with Crippen LogP contribution in [0.3, 0.4) is 0 Å². The summed E-state index contributed by atoms with van der Waals surface area (Å²) >= 11 is 1.14. The van der Waals surface area contributed by atoms with Crippen LogP contribution in [0, 0.1) is 0 Å². The largest absolute Gasteiger partial charge is 0.347 e. The van der Waals surface area contributed by atoms with Crippen LogP contribution in [-0.4, -0.2) is 76.6 Å². The molecule has 0 bridgehead atoms. The summed E-state index contributed by atoms with van der Waals surface area (Å²) in [6.07, 6.45) is 1.27. The van der Waals surface area contributed by atoms with E-state index in [-0.39, 0.29) is 15.7 Å². The lowest BCUT2D eigenvalue weighted by molar-refractivity contribution is -0.187. The highest BCUT2D eigenvalue weighted by atomic mass is 32.2.